The lowest BCUT2D eigenvalue weighted by molar-refractivity contribution is 0.0895. The van der Waals surface area contributed by atoms with E-state index in [0.29, 0.717) is 12.6 Å². The van der Waals surface area contributed by atoms with Crippen molar-refractivity contribution < 1.29 is 4.79 Å². The first-order chi connectivity index (χ1) is 9.24. The largest absolute Gasteiger partial charge is 0.293 e. The zero-order chi connectivity index (χ0) is 13.2. The lowest BCUT2D eigenvalue weighted by atomic mass is 9.85. The first-order valence-electron chi connectivity index (χ1n) is 7.58. The molecule has 0 bridgehead atoms. The molecular formula is C17H23NO. The number of hydrogen-bond donors (Lipinski definition) is 0. The smallest absolute Gasteiger partial charge is 0.176 e. The molecule has 2 atom stereocenters. The quantitative estimate of drug-likeness (QED) is 0.773. The van der Waals surface area contributed by atoms with Gasteiger partial charge in [0.15, 0.2) is 5.78 Å². The van der Waals surface area contributed by atoms with Crippen molar-refractivity contribution in [3.05, 3.63) is 35.4 Å². The third-order valence-electron chi connectivity index (χ3n) is 4.81. The van der Waals surface area contributed by atoms with Gasteiger partial charge in [-0.1, -0.05) is 36.6 Å². The summed E-state index contributed by atoms with van der Waals surface area (Å²) in [6.45, 7) is 3.78. The molecular weight excluding hydrogens is 234 g/mol. The van der Waals surface area contributed by atoms with E-state index in [1.165, 1.54) is 37.7 Å². The Morgan fingerprint density at radius 1 is 1.26 bits per heavy atom. The summed E-state index contributed by atoms with van der Waals surface area (Å²) in [5.74, 6) is 1.15. The molecule has 2 heteroatoms. The van der Waals surface area contributed by atoms with Crippen LogP contribution in [0.5, 0.6) is 0 Å². The van der Waals surface area contributed by atoms with Gasteiger partial charge in [0, 0.05) is 11.6 Å². The summed E-state index contributed by atoms with van der Waals surface area (Å²) in [6.07, 6.45) is 6.70. The van der Waals surface area contributed by atoms with E-state index in [2.05, 4.69) is 4.90 Å². The van der Waals surface area contributed by atoms with E-state index >= 15 is 0 Å². The topological polar surface area (TPSA) is 20.3 Å². The van der Waals surface area contributed by atoms with Crippen LogP contribution in [0.2, 0.25) is 0 Å². The van der Waals surface area contributed by atoms with Crippen molar-refractivity contribution in [2.45, 2.75) is 45.1 Å². The molecule has 0 spiro atoms. The molecule has 3 rings (SSSR count). The second-order valence-corrected chi connectivity index (χ2v) is 6.16. The Hall–Kier alpha value is -1.15. The maximum Gasteiger partial charge on any atom is 0.176 e. The van der Waals surface area contributed by atoms with E-state index in [9.17, 15) is 4.79 Å². The van der Waals surface area contributed by atoms with Crippen molar-refractivity contribution >= 4 is 5.78 Å². The number of likely N-dealkylation sites (tertiary alicyclic amines) is 1. The van der Waals surface area contributed by atoms with Gasteiger partial charge in [-0.3, -0.25) is 9.69 Å². The maximum atomic E-state index is 12.4. The zero-order valence-electron chi connectivity index (χ0n) is 11.8. The van der Waals surface area contributed by atoms with Gasteiger partial charge in [0.25, 0.3) is 0 Å². The highest BCUT2D eigenvalue weighted by atomic mass is 16.1. The minimum atomic E-state index is 0.287. The number of carbonyl (C=O) groups is 1. The summed E-state index contributed by atoms with van der Waals surface area (Å²) in [4.78, 5) is 14.8. The van der Waals surface area contributed by atoms with Crippen LogP contribution in [0.25, 0.3) is 0 Å². The molecule has 2 aliphatic rings. The molecule has 0 radical (unpaired) electrons. The average molecular weight is 257 g/mol. The third kappa shape index (κ3) is 2.74. The predicted octanol–water partition coefficient (Wildman–Crippen LogP) is 3.44. The number of hydrogen-bond acceptors (Lipinski definition) is 2. The molecule has 102 valence electrons. The summed E-state index contributed by atoms with van der Waals surface area (Å²) in [6, 6.07) is 8.67. The van der Waals surface area contributed by atoms with Crippen LogP contribution >= 0.6 is 0 Å². The summed E-state index contributed by atoms with van der Waals surface area (Å²) < 4.78 is 0. The summed E-state index contributed by atoms with van der Waals surface area (Å²) in [7, 11) is 0. The van der Waals surface area contributed by atoms with Gasteiger partial charge in [0.1, 0.15) is 0 Å². The molecule has 1 aliphatic carbocycles. The highest BCUT2D eigenvalue weighted by Crippen LogP contribution is 2.36. The fourth-order valence-corrected chi connectivity index (χ4v) is 3.79. The number of Topliss-reactive ketones (excluding diaryl/α,β-unsaturated/α-hetero) is 1. The normalized spacial score (nSPS) is 27.2. The van der Waals surface area contributed by atoms with E-state index in [0.717, 1.165) is 18.0 Å². The van der Waals surface area contributed by atoms with Crippen molar-refractivity contribution in [2.75, 3.05) is 13.1 Å². The Kier molecular flexibility index (Phi) is 3.69. The Morgan fingerprint density at radius 2 is 2.11 bits per heavy atom. The number of rotatable bonds is 3. The molecule has 0 aromatic heterocycles. The van der Waals surface area contributed by atoms with Gasteiger partial charge in [0.05, 0.1) is 6.54 Å². The van der Waals surface area contributed by atoms with Crippen molar-refractivity contribution in [3.63, 3.8) is 0 Å². The minimum Gasteiger partial charge on any atom is -0.293 e. The van der Waals surface area contributed by atoms with Gasteiger partial charge < -0.3 is 0 Å². The van der Waals surface area contributed by atoms with Crippen molar-refractivity contribution in [1.29, 1.82) is 0 Å². The van der Waals surface area contributed by atoms with E-state index in [4.69, 9.17) is 0 Å². The first kappa shape index (κ1) is 12.9. The number of nitrogens with zero attached hydrogens (tertiary/aromatic N) is 1. The molecule has 0 N–H and O–H groups in total. The van der Waals surface area contributed by atoms with Crippen LogP contribution in [0.15, 0.2) is 24.3 Å². The number of benzene rings is 1. The van der Waals surface area contributed by atoms with Crippen molar-refractivity contribution in [2.24, 2.45) is 5.92 Å². The molecule has 1 aromatic rings. The minimum absolute atomic E-state index is 0.287. The Bertz CT molecular complexity index is 468. The Morgan fingerprint density at radius 3 is 2.95 bits per heavy atom. The van der Waals surface area contributed by atoms with Crippen molar-refractivity contribution in [3.8, 4) is 0 Å². The SMILES string of the molecule is Cc1cccc(C(=O)CN2CCC3CCCCC32)c1. The predicted molar refractivity (Wildman–Crippen MR) is 77.4 cm³/mol. The van der Waals surface area contributed by atoms with Crippen LogP contribution in [0, 0.1) is 12.8 Å². The summed E-state index contributed by atoms with van der Waals surface area (Å²) >= 11 is 0. The molecule has 1 saturated heterocycles. The fourth-order valence-electron chi connectivity index (χ4n) is 3.79. The fraction of sp³-hybridized carbons (Fsp3) is 0.588. The van der Waals surface area contributed by atoms with Gasteiger partial charge >= 0.3 is 0 Å². The molecule has 19 heavy (non-hydrogen) atoms. The first-order valence-corrected chi connectivity index (χ1v) is 7.58. The molecule has 0 amide bonds. The van der Waals surface area contributed by atoms with E-state index in [1.807, 2.05) is 31.2 Å². The molecule has 2 unspecified atom stereocenters. The van der Waals surface area contributed by atoms with Crippen LogP contribution in [0.1, 0.15) is 48.0 Å². The highest BCUT2D eigenvalue weighted by Gasteiger charge is 2.36. The van der Waals surface area contributed by atoms with E-state index < -0.39 is 0 Å². The zero-order valence-corrected chi connectivity index (χ0v) is 11.8. The highest BCUT2D eigenvalue weighted by molar-refractivity contribution is 5.97. The van der Waals surface area contributed by atoms with Gasteiger partial charge in [-0.2, -0.15) is 0 Å². The third-order valence-corrected chi connectivity index (χ3v) is 4.81. The summed E-state index contributed by atoms with van der Waals surface area (Å²) in [5, 5.41) is 0. The number of aryl methyl sites for hydroxylation is 1. The molecule has 1 saturated carbocycles. The van der Waals surface area contributed by atoms with Gasteiger partial charge in [0.2, 0.25) is 0 Å². The second-order valence-electron chi connectivity index (χ2n) is 6.16. The van der Waals surface area contributed by atoms with Crippen molar-refractivity contribution in [1.82, 2.24) is 4.90 Å². The van der Waals surface area contributed by atoms with Gasteiger partial charge in [-0.15, -0.1) is 0 Å². The molecule has 1 aliphatic heterocycles. The van der Waals surface area contributed by atoms with Crippen LogP contribution in [-0.2, 0) is 0 Å². The summed E-state index contributed by atoms with van der Waals surface area (Å²) in [5.41, 5.74) is 2.04. The van der Waals surface area contributed by atoms with Crippen LogP contribution in [-0.4, -0.2) is 29.8 Å². The van der Waals surface area contributed by atoms with Crippen LogP contribution in [0.4, 0.5) is 0 Å². The van der Waals surface area contributed by atoms with Crippen LogP contribution < -0.4 is 0 Å². The number of fused-ring (bicyclic) bond motifs is 1. The average Bonchev–Trinajstić information content (AvgIpc) is 2.82. The van der Waals surface area contributed by atoms with Gasteiger partial charge in [-0.05, 0) is 44.7 Å². The van der Waals surface area contributed by atoms with Gasteiger partial charge in [-0.25, -0.2) is 0 Å². The standard InChI is InChI=1S/C17H23NO/c1-13-5-4-7-15(11-13)17(19)12-18-10-9-14-6-2-3-8-16(14)18/h4-5,7,11,14,16H,2-3,6,8-10,12H2,1H3. The Balaban J connectivity index is 1.66. The Labute approximate surface area is 115 Å². The van der Waals surface area contributed by atoms with Crippen LogP contribution in [0.3, 0.4) is 0 Å². The number of ketones is 1. The maximum absolute atomic E-state index is 12.4. The molecule has 2 nitrogen and oxygen atoms in total. The van der Waals surface area contributed by atoms with E-state index in [1.54, 1.807) is 0 Å². The lowest BCUT2D eigenvalue weighted by Crippen LogP contribution is -2.38. The lowest BCUT2D eigenvalue weighted by Gasteiger charge is -2.31. The second kappa shape index (κ2) is 5.46. The van der Waals surface area contributed by atoms with E-state index in [-0.39, 0.29) is 5.78 Å². The molecule has 2 fully saturated rings. The molecule has 1 heterocycles. The molecule has 1 aromatic carbocycles. The monoisotopic (exact) mass is 257 g/mol. The number of carbonyl (C=O) groups excluding carboxylic acids is 1.